The predicted molar refractivity (Wildman–Crippen MR) is 98.8 cm³/mol. The normalized spacial score (nSPS) is 12.6. The number of hydrogen-bond acceptors (Lipinski definition) is 4. The molecule has 0 saturated carbocycles. The summed E-state index contributed by atoms with van der Waals surface area (Å²) in [7, 11) is 1.24. The van der Waals surface area contributed by atoms with Crippen LogP contribution in [-0.4, -0.2) is 33.0 Å². The minimum absolute atomic E-state index is 0.0255. The standard InChI is InChI=1S/C19H17F3N4O3/c1-26-14-8-7-12(9-13(14)25-18(26)19(20,21)22)24-17(29)16(28)23-10-15(27)11-5-3-2-4-6-11/h2-9,15,27H,10H2,1H3,(H,23,28)(H,24,29). The number of benzene rings is 2. The molecule has 29 heavy (non-hydrogen) atoms. The van der Waals surface area contributed by atoms with Gasteiger partial charge in [-0.15, -0.1) is 0 Å². The summed E-state index contributed by atoms with van der Waals surface area (Å²) >= 11 is 0. The summed E-state index contributed by atoms with van der Waals surface area (Å²) in [4.78, 5) is 27.5. The lowest BCUT2D eigenvalue weighted by molar-refractivity contribution is -0.146. The first-order valence-corrected chi connectivity index (χ1v) is 8.52. The second kappa shape index (κ2) is 7.92. The molecule has 3 rings (SSSR count). The third kappa shape index (κ3) is 4.54. The Kier molecular flexibility index (Phi) is 5.55. The topological polar surface area (TPSA) is 96.2 Å². The summed E-state index contributed by atoms with van der Waals surface area (Å²) in [5, 5.41) is 14.6. The van der Waals surface area contributed by atoms with Crippen molar-refractivity contribution in [3.05, 3.63) is 59.9 Å². The molecule has 0 aliphatic rings. The van der Waals surface area contributed by atoms with Crippen LogP contribution in [0.4, 0.5) is 18.9 Å². The number of amides is 2. The quantitative estimate of drug-likeness (QED) is 0.580. The minimum Gasteiger partial charge on any atom is -0.387 e. The summed E-state index contributed by atoms with van der Waals surface area (Å²) in [5.41, 5.74) is 0.950. The van der Waals surface area contributed by atoms with Crippen molar-refractivity contribution in [2.45, 2.75) is 12.3 Å². The Morgan fingerprint density at radius 1 is 1.14 bits per heavy atom. The molecule has 2 aromatic carbocycles. The van der Waals surface area contributed by atoms with Gasteiger partial charge in [-0.1, -0.05) is 30.3 Å². The molecule has 0 aliphatic heterocycles. The van der Waals surface area contributed by atoms with Gasteiger partial charge in [0.1, 0.15) is 0 Å². The van der Waals surface area contributed by atoms with E-state index in [2.05, 4.69) is 15.6 Å². The van der Waals surface area contributed by atoms with Crippen LogP contribution in [0.5, 0.6) is 0 Å². The summed E-state index contributed by atoms with van der Waals surface area (Å²) < 4.78 is 39.8. The van der Waals surface area contributed by atoms with E-state index in [-0.39, 0.29) is 23.3 Å². The number of nitrogens with zero attached hydrogens (tertiary/aromatic N) is 2. The number of fused-ring (bicyclic) bond motifs is 1. The molecule has 1 unspecified atom stereocenters. The monoisotopic (exact) mass is 406 g/mol. The van der Waals surface area contributed by atoms with Crippen LogP contribution in [0.25, 0.3) is 11.0 Å². The van der Waals surface area contributed by atoms with Gasteiger partial charge in [0.05, 0.1) is 17.1 Å². The van der Waals surface area contributed by atoms with E-state index in [0.717, 1.165) is 4.57 Å². The number of rotatable bonds is 4. The van der Waals surface area contributed by atoms with Crippen molar-refractivity contribution >= 4 is 28.5 Å². The number of carbonyl (C=O) groups is 2. The van der Waals surface area contributed by atoms with Crippen molar-refractivity contribution in [2.24, 2.45) is 7.05 Å². The molecule has 0 fully saturated rings. The molecule has 1 heterocycles. The van der Waals surface area contributed by atoms with E-state index < -0.39 is 29.9 Å². The summed E-state index contributed by atoms with van der Waals surface area (Å²) in [6.45, 7) is -0.176. The highest BCUT2D eigenvalue weighted by atomic mass is 19.4. The van der Waals surface area contributed by atoms with Crippen molar-refractivity contribution in [1.82, 2.24) is 14.9 Å². The number of carbonyl (C=O) groups excluding carboxylic acids is 2. The molecule has 3 N–H and O–H groups in total. The van der Waals surface area contributed by atoms with Crippen LogP contribution in [0.2, 0.25) is 0 Å². The molecule has 0 aliphatic carbocycles. The van der Waals surface area contributed by atoms with E-state index in [9.17, 15) is 27.9 Å². The number of imidazole rings is 1. The Morgan fingerprint density at radius 2 is 1.83 bits per heavy atom. The lowest BCUT2D eigenvalue weighted by Gasteiger charge is -2.12. The number of nitrogens with one attached hydrogen (secondary N) is 2. The van der Waals surface area contributed by atoms with Crippen molar-refractivity contribution < 1.29 is 27.9 Å². The maximum atomic E-state index is 12.9. The molecule has 1 aromatic heterocycles. The molecule has 152 valence electrons. The average molecular weight is 406 g/mol. The number of halogens is 3. The van der Waals surface area contributed by atoms with Crippen LogP contribution in [0.15, 0.2) is 48.5 Å². The van der Waals surface area contributed by atoms with Crippen LogP contribution >= 0.6 is 0 Å². The maximum Gasteiger partial charge on any atom is 0.449 e. The van der Waals surface area contributed by atoms with Crippen LogP contribution in [0, 0.1) is 0 Å². The van der Waals surface area contributed by atoms with Crippen LogP contribution in [-0.2, 0) is 22.8 Å². The van der Waals surface area contributed by atoms with Crippen LogP contribution in [0.1, 0.15) is 17.5 Å². The number of anilines is 1. The molecule has 0 bridgehead atoms. The SMILES string of the molecule is Cn1c(C(F)(F)F)nc2cc(NC(=O)C(=O)NCC(O)c3ccccc3)ccc21. The number of aliphatic hydroxyl groups excluding tert-OH is 1. The fraction of sp³-hybridized carbons (Fsp3) is 0.211. The highest BCUT2D eigenvalue weighted by Crippen LogP contribution is 2.31. The Bertz CT molecular complexity index is 1050. The number of aryl methyl sites for hydroxylation is 1. The largest absolute Gasteiger partial charge is 0.449 e. The Balaban J connectivity index is 1.65. The molecular weight excluding hydrogens is 389 g/mol. The zero-order valence-electron chi connectivity index (χ0n) is 15.2. The lowest BCUT2D eigenvalue weighted by Crippen LogP contribution is -2.37. The molecule has 7 nitrogen and oxygen atoms in total. The number of aliphatic hydroxyl groups is 1. The second-order valence-corrected chi connectivity index (χ2v) is 6.29. The summed E-state index contributed by atoms with van der Waals surface area (Å²) in [5.74, 6) is -3.07. The van der Waals surface area contributed by atoms with Gasteiger partial charge in [-0.3, -0.25) is 9.59 Å². The molecule has 2 amide bonds. The number of hydrogen-bond donors (Lipinski definition) is 3. The van der Waals surface area contributed by atoms with Gasteiger partial charge in [-0.05, 0) is 23.8 Å². The zero-order valence-corrected chi connectivity index (χ0v) is 15.2. The molecule has 3 aromatic rings. The first-order valence-electron chi connectivity index (χ1n) is 8.52. The third-order valence-corrected chi connectivity index (χ3v) is 4.24. The molecule has 0 radical (unpaired) electrons. The van der Waals surface area contributed by atoms with Gasteiger partial charge in [0, 0.05) is 19.3 Å². The van der Waals surface area contributed by atoms with Crippen LogP contribution < -0.4 is 10.6 Å². The second-order valence-electron chi connectivity index (χ2n) is 6.29. The van der Waals surface area contributed by atoms with Gasteiger partial charge in [0.2, 0.25) is 5.82 Å². The minimum atomic E-state index is -4.61. The first kappa shape index (κ1) is 20.3. The summed E-state index contributed by atoms with van der Waals surface area (Å²) in [6, 6.07) is 12.6. The van der Waals surface area contributed by atoms with E-state index in [1.54, 1.807) is 30.3 Å². The first-order chi connectivity index (χ1) is 13.7. The average Bonchev–Trinajstić information content (AvgIpc) is 3.02. The Labute approximate surface area is 163 Å². The van der Waals surface area contributed by atoms with Crippen molar-refractivity contribution in [2.75, 3.05) is 11.9 Å². The predicted octanol–water partition coefficient (Wildman–Crippen LogP) is 2.38. The molecular formula is C19H17F3N4O3. The Morgan fingerprint density at radius 3 is 2.48 bits per heavy atom. The number of alkyl halides is 3. The van der Waals surface area contributed by atoms with E-state index >= 15 is 0 Å². The highest BCUT2D eigenvalue weighted by Gasteiger charge is 2.36. The fourth-order valence-electron chi connectivity index (χ4n) is 2.78. The highest BCUT2D eigenvalue weighted by molar-refractivity contribution is 6.39. The third-order valence-electron chi connectivity index (χ3n) is 4.24. The van der Waals surface area contributed by atoms with E-state index in [0.29, 0.717) is 5.56 Å². The van der Waals surface area contributed by atoms with Crippen molar-refractivity contribution in [1.29, 1.82) is 0 Å². The smallest absolute Gasteiger partial charge is 0.387 e. The zero-order chi connectivity index (χ0) is 21.2. The maximum absolute atomic E-state index is 12.9. The molecule has 0 saturated heterocycles. The molecule has 10 heteroatoms. The van der Waals surface area contributed by atoms with Gasteiger partial charge in [-0.25, -0.2) is 4.98 Å². The Hall–Kier alpha value is -3.40. The molecule has 1 atom stereocenters. The lowest BCUT2D eigenvalue weighted by atomic mass is 10.1. The van der Waals surface area contributed by atoms with Gasteiger partial charge >= 0.3 is 18.0 Å². The van der Waals surface area contributed by atoms with E-state index in [1.165, 1.54) is 25.2 Å². The summed E-state index contributed by atoms with van der Waals surface area (Å²) in [6.07, 6.45) is -5.60. The molecule has 0 spiro atoms. The van der Waals surface area contributed by atoms with E-state index in [1.807, 2.05) is 0 Å². The van der Waals surface area contributed by atoms with Gasteiger partial charge in [-0.2, -0.15) is 13.2 Å². The van der Waals surface area contributed by atoms with Gasteiger partial charge < -0.3 is 20.3 Å². The van der Waals surface area contributed by atoms with Crippen molar-refractivity contribution in [3.63, 3.8) is 0 Å². The number of aromatic nitrogens is 2. The van der Waals surface area contributed by atoms with Crippen molar-refractivity contribution in [3.8, 4) is 0 Å². The van der Waals surface area contributed by atoms with E-state index in [4.69, 9.17) is 0 Å². The van der Waals surface area contributed by atoms with Crippen LogP contribution in [0.3, 0.4) is 0 Å². The van der Waals surface area contributed by atoms with Gasteiger partial charge in [0.25, 0.3) is 0 Å². The fourth-order valence-corrected chi connectivity index (χ4v) is 2.78. The van der Waals surface area contributed by atoms with Gasteiger partial charge in [0.15, 0.2) is 0 Å².